The molecular weight excluding hydrogens is 340 g/mol. The number of fused-ring (bicyclic) bond motifs is 1. The third kappa shape index (κ3) is 3.33. The van der Waals surface area contributed by atoms with E-state index < -0.39 is 0 Å². The van der Waals surface area contributed by atoms with Crippen LogP contribution in [0.5, 0.6) is 0 Å². The fourth-order valence-electron chi connectivity index (χ4n) is 3.66. The van der Waals surface area contributed by atoms with E-state index in [9.17, 15) is 10.0 Å². The summed E-state index contributed by atoms with van der Waals surface area (Å²) in [5.74, 6) is -0.140. The van der Waals surface area contributed by atoms with Crippen molar-refractivity contribution in [3.8, 4) is 11.1 Å². The van der Waals surface area contributed by atoms with Crippen LogP contribution in [0.1, 0.15) is 24.8 Å². The Morgan fingerprint density at radius 1 is 1.33 bits per heavy atom. The molecule has 1 aliphatic carbocycles. The number of aromatic nitrogens is 3. The van der Waals surface area contributed by atoms with Crippen LogP contribution in [0.15, 0.2) is 61.7 Å². The van der Waals surface area contributed by atoms with Crippen molar-refractivity contribution < 1.29 is 9.52 Å². The van der Waals surface area contributed by atoms with Crippen LogP contribution in [0, 0.1) is 5.21 Å². The Kier molecular flexibility index (Phi) is 4.46. The van der Waals surface area contributed by atoms with Crippen molar-refractivity contribution in [3.63, 3.8) is 0 Å². The summed E-state index contributed by atoms with van der Waals surface area (Å²) in [4.78, 5) is 19.3. The highest BCUT2D eigenvalue weighted by atomic mass is 16.5. The Labute approximate surface area is 156 Å². The van der Waals surface area contributed by atoms with Gasteiger partial charge in [-0.05, 0) is 48.1 Å². The highest BCUT2D eigenvalue weighted by Gasteiger charge is 2.21. The van der Waals surface area contributed by atoms with E-state index in [1.165, 1.54) is 24.0 Å². The topological polar surface area (TPSA) is 84.7 Å². The van der Waals surface area contributed by atoms with Gasteiger partial charge in [0.2, 0.25) is 5.91 Å². The number of carbonyl (C=O) groups is 1. The number of pyridine rings is 2. The molecule has 0 aliphatic heterocycles. The van der Waals surface area contributed by atoms with Crippen LogP contribution < -0.4 is 10.0 Å². The third-order valence-corrected chi connectivity index (χ3v) is 4.94. The molecule has 0 saturated heterocycles. The Bertz CT molecular complexity index is 1030. The second-order valence-corrected chi connectivity index (χ2v) is 6.65. The monoisotopic (exact) mass is 360 g/mol. The van der Waals surface area contributed by atoms with E-state index in [2.05, 4.69) is 27.9 Å². The number of H-pyrrole nitrogens is 1. The Balaban J connectivity index is 1.75. The summed E-state index contributed by atoms with van der Waals surface area (Å²) in [5.41, 5.74) is 5.06. The molecule has 0 aromatic carbocycles. The van der Waals surface area contributed by atoms with E-state index >= 15 is 0 Å². The number of aromatic amines is 1. The van der Waals surface area contributed by atoms with Gasteiger partial charge in [-0.3, -0.25) is 4.79 Å². The van der Waals surface area contributed by atoms with Crippen LogP contribution in [0.25, 0.3) is 27.7 Å². The predicted molar refractivity (Wildman–Crippen MR) is 104 cm³/mol. The highest BCUT2D eigenvalue weighted by Crippen LogP contribution is 2.36. The highest BCUT2D eigenvalue weighted by molar-refractivity contribution is 6.01. The van der Waals surface area contributed by atoms with Crippen molar-refractivity contribution in [1.29, 1.82) is 0 Å². The van der Waals surface area contributed by atoms with Crippen molar-refractivity contribution in [1.82, 2.24) is 15.3 Å². The zero-order chi connectivity index (χ0) is 18.8. The molecule has 27 heavy (non-hydrogen) atoms. The quantitative estimate of drug-likeness (QED) is 0.426. The predicted octanol–water partition coefficient (Wildman–Crippen LogP) is 3.10. The van der Waals surface area contributed by atoms with E-state index in [1.807, 2.05) is 12.3 Å². The first kappa shape index (κ1) is 17.0. The molecule has 3 heterocycles. The second kappa shape index (κ2) is 7.07. The molecule has 1 atom stereocenters. The maximum atomic E-state index is 11.7. The SMILES string of the molecule is C=CC(=O)NC1CCC=C(c2ccnc3[nH]cc(-c4cc[n+]([O-])cc4)c23)C1. The molecule has 6 heteroatoms. The number of rotatable bonds is 4. The molecule has 0 radical (unpaired) electrons. The minimum absolute atomic E-state index is 0.0947. The van der Waals surface area contributed by atoms with Crippen LogP contribution in [-0.4, -0.2) is 21.9 Å². The Morgan fingerprint density at radius 2 is 2.15 bits per heavy atom. The van der Waals surface area contributed by atoms with Crippen molar-refractivity contribution in [3.05, 3.63) is 72.5 Å². The molecular formula is C21H20N4O2. The largest absolute Gasteiger partial charge is 0.619 e. The van der Waals surface area contributed by atoms with Gasteiger partial charge >= 0.3 is 0 Å². The number of hydrogen-bond donors (Lipinski definition) is 2. The first-order chi connectivity index (χ1) is 13.2. The van der Waals surface area contributed by atoms with Gasteiger partial charge in [-0.25, -0.2) is 4.98 Å². The molecule has 1 aliphatic rings. The van der Waals surface area contributed by atoms with Crippen LogP contribution in [0.4, 0.5) is 0 Å². The summed E-state index contributed by atoms with van der Waals surface area (Å²) in [6.07, 6.45) is 12.8. The molecule has 1 unspecified atom stereocenters. The van der Waals surface area contributed by atoms with Gasteiger partial charge in [0.05, 0.1) is 0 Å². The zero-order valence-corrected chi connectivity index (χ0v) is 14.8. The molecule has 0 saturated carbocycles. The van der Waals surface area contributed by atoms with Crippen molar-refractivity contribution >= 4 is 22.5 Å². The zero-order valence-electron chi connectivity index (χ0n) is 14.8. The lowest BCUT2D eigenvalue weighted by Crippen LogP contribution is -2.34. The fourth-order valence-corrected chi connectivity index (χ4v) is 3.66. The summed E-state index contributed by atoms with van der Waals surface area (Å²) < 4.78 is 0.772. The molecule has 6 nitrogen and oxygen atoms in total. The normalized spacial score (nSPS) is 16.7. The average Bonchev–Trinajstić information content (AvgIpc) is 3.13. The maximum Gasteiger partial charge on any atom is 0.243 e. The number of hydrogen-bond acceptors (Lipinski definition) is 3. The van der Waals surface area contributed by atoms with Crippen LogP contribution in [-0.2, 0) is 4.79 Å². The van der Waals surface area contributed by atoms with Gasteiger partial charge in [-0.1, -0.05) is 12.7 Å². The number of nitrogens with zero attached hydrogens (tertiary/aromatic N) is 2. The lowest BCUT2D eigenvalue weighted by atomic mass is 9.88. The lowest BCUT2D eigenvalue weighted by Gasteiger charge is -2.24. The van der Waals surface area contributed by atoms with Gasteiger partial charge in [0.1, 0.15) is 5.65 Å². The number of amides is 1. The summed E-state index contributed by atoms with van der Waals surface area (Å²) >= 11 is 0. The molecule has 4 rings (SSSR count). The van der Waals surface area contributed by atoms with Crippen LogP contribution >= 0.6 is 0 Å². The maximum absolute atomic E-state index is 11.7. The molecule has 0 bridgehead atoms. The van der Waals surface area contributed by atoms with E-state index in [-0.39, 0.29) is 11.9 Å². The van der Waals surface area contributed by atoms with Crippen molar-refractivity contribution in [2.45, 2.75) is 25.3 Å². The van der Waals surface area contributed by atoms with Crippen molar-refractivity contribution in [2.75, 3.05) is 0 Å². The minimum Gasteiger partial charge on any atom is -0.619 e. The van der Waals surface area contributed by atoms with Crippen LogP contribution in [0.2, 0.25) is 0 Å². The molecule has 3 aromatic rings. The first-order valence-electron chi connectivity index (χ1n) is 8.93. The van der Waals surface area contributed by atoms with E-state index in [1.54, 1.807) is 18.3 Å². The summed E-state index contributed by atoms with van der Waals surface area (Å²) in [6, 6.07) is 5.71. The third-order valence-electron chi connectivity index (χ3n) is 4.94. The number of allylic oxidation sites excluding steroid dienone is 1. The van der Waals surface area contributed by atoms with Gasteiger partial charge in [0.25, 0.3) is 0 Å². The van der Waals surface area contributed by atoms with Crippen LogP contribution in [0.3, 0.4) is 0 Å². The Hall–Kier alpha value is -3.41. The van der Waals surface area contributed by atoms with Gasteiger partial charge in [-0.2, -0.15) is 4.73 Å². The standard InChI is InChI=1S/C21H20N4O2/c1-2-19(26)24-16-5-3-4-15(12-16)17-6-9-22-21-20(17)18(13-23-21)14-7-10-25(27)11-8-14/h2,4,6-11,13,16H,1,3,5,12H2,(H,22,23)(H,24,26). The Morgan fingerprint density at radius 3 is 2.93 bits per heavy atom. The fraction of sp³-hybridized carbons (Fsp3) is 0.190. The molecule has 1 amide bonds. The molecule has 0 fully saturated rings. The summed E-state index contributed by atoms with van der Waals surface area (Å²) in [6.45, 7) is 3.53. The second-order valence-electron chi connectivity index (χ2n) is 6.65. The van der Waals surface area contributed by atoms with E-state index in [4.69, 9.17) is 0 Å². The lowest BCUT2D eigenvalue weighted by molar-refractivity contribution is -0.605. The molecule has 3 aromatic heterocycles. The van der Waals surface area contributed by atoms with Crippen molar-refractivity contribution in [2.24, 2.45) is 0 Å². The molecule has 0 spiro atoms. The van der Waals surface area contributed by atoms with Gasteiger partial charge < -0.3 is 15.5 Å². The minimum atomic E-state index is -0.140. The van der Waals surface area contributed by atoms with E-state index in [0.717, 1.165) is 51.7 Å². The van der Waals surface area contributed by atoms with E-state index in [0.29, 0.717) is 0 Å². The number of nitrogens with one attached hydrogen (secondary N) is 2. The smallest absolute Gasteiger partial charge is 0.243 e. The first-order valence-corrected chi connectivity index (χ1v) is 8.93. The molecule has 136 valence electrons. The number of carbonyl (C=O) groups excluding carboxylic acids is 1. The van der Waals surface area contributed by atoms with Gasteiger partial charge in [0, 0.05) is 41.5 Å². The average molecular weight is 360 g/mol. The summed E-state index contributed by atoms with van der Waals surface area (Å²) in [7, 11) is 0. The van der Waals surface area contributed by atoms with Gasteiger partial charge in [-0.15, -0.1) is 0 Å². The molecule has 2 N–H and O–H groups in total. The van der Waals surface area contributed by atoms with Gasteiger partial charge in [0.15, 0.2) is 12.4 Å². The summed E-state index contributed by atoms with van der Waals surface area (Å²) in [5, 5.41) is 15.4.